The molecule has 13 nitrogen and oxygen atoms in total. The maximum atomic E-state index is 14.8. The molecule has 4 aromatic carbocycles. The summed E-state index contributed by atoms with van der Waals surface area (Å²) in [4.78, 5) is 56.0. The molecule has 0 aromatic heterocycles. The quantitative estimate of drug-likeness (QED) is 0.101. The van der Waals surface area contributed by atoms with E-state index in [0.717, 1.165) is 62.8 Å². The summed E-state index contributed by atoms with van der Waals surface area (Å²) in [6.07, 6.45) is 3.79. The zero-order valence-corrected chi connectivity index (χ0v) is 45.2. The van der Waals surface area contributed by atoms with Crippen molar-refractivity contribution in [2.24, 2.45) is 0 Å². The summed E-state index contributed by atoms with van der Waals surface area (Å²) in [5.41, 5.74) is 1.69. The van der Waals surface area contributed by atoms with Crippen LogP contribution in [0.15, 0.2) is 84.9 Å². The average molecular weight is 1140 g/mol. The van der Waals surface area contributed by atoms with Crippen molar-refractivity contribution in [1.29, 1.82) is 0 Å². The Morgan fingerprint density at radius 1 is 0.589 bits per heavy atom. The Labute approximate surface area is 455 Å². The van der Waals surface area contributed by atoms with Crippen LogP contribution in [-0.4, -0.2) is 158 Å². The number of nitrogens with one attached hydrogen (secondary N) is 3. The minimum absolute atomic E-state index is 0. The van der Waals surface area contributed by atoms with Crippen molar-refractivity contribution in [2.45, 2.75) is 61.7 Å². The van der Waals surface area contributed by atoms with Gasteiger partial charge in [-0.3, -0.25) is 24.2 Å². The third-order valence-electron chi connectivity index (χ3n) is 12.8. The van der Waals surface area contributed by atoms with E-state index in [1.54, 1.807) is 52.5 Å². The number of carboxylic acid groups (broad SMARTS) is 1. The number of carboxylic acids is 1. The van der Waals surface area contributed by atoms with E-state index in [-0.39, 0.29) is 71.8 Å². The number of alkyl halides is 4. The second-order valence-electron chi connectivity index (χ2n) is 18.3. The van der Waals surface area contributed by atoms with E-state index < -0.39 is 34.8 Å². The largest absolute Gasteiger partial charge is 0.477 e. The lowest BCUT2D eigenvalue weighted by atomic mass is 9.96. The van der Waals surface area contributed by atoms with Crippen LogP contribution in [0.5, 0.6) is 0 Å². The number of hydrogen-bond acceptors (Lipinski definition) is 9. The fraction of sp³-hybridized carbons (Fsp3) is 0.440. The molecule has 4 aliphatic rings. The lowest BCUT2D eigenvalue weighted by Crippen LogP contribution is -2.61. The molecule has 0 radical (unpaired) electrons. The highest BCUT2D eigenvalue weighted by Gasteiger charge is 2.47. The molecule has 4 aromatic rings. The van der Waals surface area contributed by atoms with Gasteiger partial charge >= 0.3 is 17.8 Å². The molecule has 0 unspecified atom stereocenters. The van der Waals surface area contributed by atoms with Crippen molar-refractivity contribution in [2.75, 3.05) is 91.2 Å². The molecule has 0 atom stereocenters. The number of halogens is 10. The topological polar surface area (TPSA) is 141 Å². The second kappa shape index (κ2) is 27.0. The number of hydrogen-bond donors (Lipinski definition) is 4. The van der Waals surface area contributed by atoms with E-state index in [1.807, 2.05) is 18.2 Å². The molecular formula is C50H60Cl6F4N8O5. The van der Waals surface area contributed by atoms with Crippen molar-refractivity contribution in [3.63, 3.8) is 0 Å². The van der Waals surface area contributed by atoms with E-state index in [9.17, 15) is 36.7 Å². The first-order valence-electron chi connectivity index (χ1n) is 23.1. The molecule has 4 fully saturated rings. The monoisotopic (exact) mass is 1140 g/mol. The number of carbonyl (C=O) groups is 4. The van der Waals surface area contributed by atoms with Crippen molar-refractivity contribution in [3.8, 4) is 0 Å². The van der Waals surface area contributed by atoms with Gasteiger partial charge in [-0.25, -0.2) is 4.79 Å². The molecule has 0 aliphatic carbocycles. The van der Waals surface area contributed by atoms with Crippen LogP contribution >= 0.6 is 71.2 Å². The van der Waals surface area contributed by atoms with Gasteiger partial charge in [-0.05, 0) is 87.3 Å². The standard InChI is InChI=1S/C25H28Cl2F2N4O2.C17H25ClN4O.C8H5ClF2O2.2ClH/c1-31(2)23(34)19-8-7-16(13-22(19)27)30-17-14-33(15-17)18-9-11-32(12-10-18)24(35)25(28,29)20-5-3-4-6-21(20)26;1-21(2)17(23)15-4-3-12(9-16(15)18)20-13-10-22(11-13)14-5-7-19-8-6-14;9-6-4-2-1-3-5(6)8(10,11)7(12)13;;/h3-8,13,17-18,30H,9-12,14-15H2,1-2H3;3-4,9,13-14,19-20H,5-8,10-11H2,1-2H3;1-4H,(H,12,13);2*1H. The molecule has 4 heterocycles. The molecule has 73 heavy (non-hydrogen) atoms. The van der Waals surface area contributed by atoms with Crippen LogP contribution in [0.25, 0.3) is 0 Å². The zero-order valence-electron chi connectivity index (χ0n) is 40.5. The normalized spacial score (nSPS) is 16.8. The van der Waals surface area contributed by atoms with Gasteiger partial charge in [-0.2, -0.15) is 17.6 Å². The summed E-state index contributed by atoms with van der Waals surface area (Å²) in [6, 6.07) is 23.1. The third-order valence-corrected chi connectivity index (χ3v) is 14.1. The predicted molar refractivity (Wildman–Crippen MR) is 285 cm³/mol. The predicted octanol–water partition coefficient (Wildman–Crippen LogP) is 9.82. The Morgan fingerprint density at radius 2 is 0.973 bits per heavy atom. The number of anilines is 2. The third kappa shape index (κ3) is 15.4. The molecule has 0 spiro atoms. The van der Waals surface area contributed by atoms with Crippen LogP contribution in [0.1, 0.15) is 57.5 Å². The Bertz CT molecular complexity index is 2530. The Hall–Kier alpha value is -4.30. The van der Waals surface area contributed by atoms with Gasteiger partial charge in [0.2, 0.25) is 0 Å². The highest BCUT2D eigenvalue weighted by molar-refractivity contribution is 6.34. The lowest BCUT2D eigenvalue weighted by molar-refractivity contribution is -0.166. The number of rotatable bonds is 12. The molecular weight excluding hydrogens is 1080 g/mol. The number of likely N-dealkylation sites (tertiary alicyclic amines) is 3. The van der Waals surface area contributed by atoms with Crippen molar-refractivity contribution >= 4 is 106 Å². The summed E-state index contributed by atoms with van der Waals surface area (Å²) in [5, 5.41) is 19.1. The maximum Gasteiger partial charge on any atom is 0.379 e. The van der Waals surface area contributed by atoms with Gasteiger partial charge in [-0.1, -0.05) is 82.8 Å². The number of benzene rings is 4. The molecule has 400 valence electrons. The van der Waals surface area contributed by atoms with Crippen LogP contribution in [0.3, 0.4) is 0 Å². The van der Waals surface area contributed by atoms with Gasteiger partial charge in [0.25, 0.3) is 17.7 Å². The molecule has 0 bridgehead atoms. The Morgan fingerprint density at radius 3 is 1.34 bits per heavy atom. The fourth-order valence-electron chi connectivity index (χ4n) is 8.78. The summed E-state index contributed by atoms with van der Waals surface area (Å²) < 4.78 is 55.3. The molecule has 23 heteroatoms. The average Bonchev–Trinajstić information content (AvgIpc) is 3.31. The maximum absolute atomic E-state index is 14.8. The van der Waals surface area contributed by atoms with E-state index in [1.165, 1.54) is 63.9 Å². The molecule has 8 rings (SSSR count). The number of piperidine rings is 2. The van der Waals surface area contributed by atoms with Gasteiger partial charge in [0.05, 0.1) is 48.9 Å². The number of aliphatic carboxylic acids is 1. The van der Waals surface area contributed by atoms with Gasteiger partial charge in [0.15, 0.2) is 0 Å². The summed E-state index contributed by atoms with van der Waals surface area (Å²) >= 11 is 23.9. The zero-order chi connectivity index (χ0) is 51.8. The van der Waals surface area contributed by atoms with Crippen molar-refractivity contribution in [1.82, 2.24) is 29.8 Å². The molecule has 4 aliphatic heterocycles. The number of carbonyl (C=O) groups excluding carboxylic acids is 3. The highest BCUT2D eigenvalue weighted by atomic mass is 35.5. The minimum atomic E-state index is -3.93. The van der Waals surface area contributed by atoms with Crippen LogP contribution in [-0.2, 0) is 21.4 Å². The first-order valence-corrected chi connectivity index (χ1v) is 24.6. The van der Waals surface area contributed by atoms with Crippen LogP contribution in [0.4, 0.5) is 28.9 Å². The molecule has 4 N–H and O–H groups in total. The summed E-state index contributed by atoms with van der Waals surface area (Å²) in [6.45, 7) is 6.63. The van der Waals surface area contributed by atoms with Crippen LogP contribution in [0, 0.1) is 0 Å². The van der Waals surface area contributed by atoms with Crippen LogP contribution in [0.2, 0.25) is 20.1 Å². The van der Waals surface area contributed by atoms with E-state index >= 15 is 0 Å². The van der Waals surface area contributed by atoms with Crippen molar-refractivity contribution < 1.29 is 41.8 Å². The highest BCUT2D eigenvalue weighted by Crippen LogP contribution is 2.37. The molecule has 4 saturated heterocycles. The van der Waals surface area contributed by atoms with Gasteiger partial charge in [0, 0.05) is 96.5 Å². The SMILES string of the molecule is CN(C)C(=O)c1ccc(NC2CN(C3CCN(C(=O)C(F)(F)c4ccccc4Cl)CC3)C2)cc1Cl.CN(C)C(=O)c1ccc(NC2CN(C3CCNCC3)C2)cc1Cl.Cl.Cl.O=C(O)C(F)(F)c1ccccc1Cl. The number of amides is 3. The van der Waals surface area contributed by atoms with E-state index in [0.29, 0.717) is 40.1 Å². The smallest absolute Gasteiger partial charge is 0.379 e. The number of nitrogens with zero attached hydrogens (tertiary/aromatic N) is 5. The lowest BCUT2D eigenvalue weighted by Gasteiger charge is -2.47. The minimum Gasteiger partial charge on any atom is -0.477 e. The van der Waals surface area contributed by atoms with E-state index in [4.69, 9.17) is 51.5 Å². The van der Waals surface area contributed by atoms with Gasteiger partial charge in [-0.15, -0.1) is 24.8 Å². The fourth-order valence-corrected chi connectivity index (χ4v) is 9.81. The second-order valence-corrected chi connectivity index (χ2v) is 19.9. The van der Waals surface area contributed by atoms with Crippen LogP contribution < -0.4 is 16.0 Å². The first-order chi connectivity index (χ1) is 33.6. The molecule has 0 saturated carbocycles. The Kier molecular flexibility index (Phi) is 22.6. The Balaban J connectivity index is 0.000000261. The first kappa shape index (κ1) is 61.2. The molecule has 3 amide bonds. The van der Waals surface area contributed by atoms with Crippen molar-refractivity contribution in [3.05, 3.63) is 127 Å². The van der Waals surface area contributed by atoms with E-state index in [2.05, 4.69) is 25.8 Å². The van der Waals surface area contributed by atoms with Gasteiger partial charge in [0.1, 0.15) is 0 Å². The summed E-state index contributed by atoms with van der Waals surface area (Å²) in [7, 11) is 6.82. The van der Waals surface area contributed by atoms with Gasteiger partial charge < -0.3 is 35.8 Å². The summed E-state index contributed by atoms with van der Waals surface area (Å²) in [5.74, 6) is -11.2.